The summed E-state index contributed by atoms with van der Waals surface area (Å²) in [6.45, 7) is 4.35. The lowest BCUT2D eigenvalue weighted by Crippen LogP contribution is -1.95. The van der Waals surface area contributed by atoms with Crippen molar-refractivity contribution >= 4 is 5.82 Å². The Morgan fingerprint density at radius 3 is 2.31 bits per heavy atom. The van der Waals surface area contributed by atoms with E-state index in [-0.39, 0.29) is 0 Å². The Labute approximate surface area is 95.4 Å². The van der Waals surface area contributed by atoms with E-state index in [0.717, 1.165) is 5.56 Å². The summed E-state index contributed by atoms with van der Waals surface area (Å²) in [6, 6.07) is 9.96. The highest BCUT2D eigenvalue weighted by Gasteiger charge is 2.03. The first-order valence-electron chi connectivity index (χ1n) is 5.35. The molecule has 0 fully saturated rings. The Kier molecular flexibility index (Phi) is 2.86. The molecular weight excluding hydrogens is 198 g/mol. The highest BCUT2D eigenvalue weighted by atomic mass is 14.9. The molecular formula is C13H15N3. The van der Waals surface area contributed by atoms with Crippen molar-refractivity contribution in [2.45, 2.75) is 19.8 Å². The standard InChI is InChI=1S/C13H15N3/c1-9(2)10-3-5-11(6-4-10)13-15-8-7-12(14)16-13/h3-9H,1-2H3,(H2,14,15,16). The first-order valence-corrected chi connectivity index (χ1v) is 5.35. The van der Waals surface area contributed by atoms with E-state index in [9.17, 15) is 0 Å². The van der Waals surface area contributed by atoms with Crippen LogP contribution in [0.5, 0.6) is 0 Å². The predicted octanol–water partition coefficient (Wildman–Crippen LogP) is 2.85. The molecule has 0 amide bonds. The number of rotatable bonds is 2. The second-order valence-corrected chi connectivity index (χ2v) is 4.08. The van der Waals surface area contributed by atoms with Gasteiger partial charge in [-0.1, -0.05) is 38.1 Å². The van der Waals surface area contributed by atoms with E-state index < -0.39 is 0 Å². The molecule has 0 atom stereocenters. The van der Waals surface area contributed by atoms with Gasteiger partial charge in [0.1, 0.15) is 5.82 Å². The monoisotopic (exact) mass is 213 g/mol. The molecule has 0 saturated heterocycles. The molecule has 0 unspecified atom stereocenters. The molecule has 82 valence electrons. The van der Waals surface area contributed by atoms with Gasteiger partial charge in [-0.25, -0.2) is 9.97 Å². The minimum absolute atomic E-state index is 0.498. The molecule has 0 spiro atoms. The maximum absolute atomic E-state index is 5.62. The molecule has 3 nitrogen and oxygen atoms in total. The van der Waals surface area contributed by atoms with E-state index >= 15 is 0 Å². The van der Waals surface area contributed by atoms with Gasteiger partial charge in [0.15, 0.2) is 5.82 Å². The largest absolute Gasteiger partial charge is 0.384 e. The molecule has 1 aromatic carbocycles. The van der Waals surface area contributed by atoms with Crippen LogP contribution in [0, 0.1) is 0 Å². The minimum atomic E-state index is 0.498. The van der Waals surface area contributed by atoms with Crippen LogP contribution in [0.15, 0.2) is 36.5 Å². The van der Waals surface area contributed by atoms with Crippen molar-refractivity contribution in [2.75, 3.05) is 5.73 Å². The van der Waals surface area contributed by atoms with Crippen LogP contribution in [0.4, 0.5) is 5.82 Å². The van der Waals surface area contributed by atoms with Gasteiger partial charge in [-0.05, 0) is 17.5 Å². The number of aromatic nitrogens is 2. The van der Waals surface area contributed by atoms with E-state index in [4.69, 9.17) is 5.73 Å². The minimum Gasteiger partial charge on any atom is -0.384 e. The van der Waals surface area contributed by atoms with Crippen LogP contribution in [0.1, 0.15) is 25.3 Å². The van der Waals surface area contributed by atoms with Gasteiger partial charge in [-0.2, -0.15) is 0 Å². The number of hydrogen-bond donors (Lipinski definition) is 1. The molecule has 2 rings (SSSR count). The molecule has 0 aliphatic carbocycles. The summed E-state index contributed by atoms with van der Waals surface area (Å²) >= 11 is 0. The third-order valence-electron chi connectivity index (χ3n) is 2.51. The quantitative estimate of drug-likeness (QED) is 0.834. The number of hydrogen-bond acceptors (Lipinski definition) is 3. The van der Waals surface area contributed by atoms with E-state index in [2.05, 4.69) is 35.9 Å². The summed E-state index contributed by atoms with van der Waals surface area (Å²) in [5.74, 6) is 1.71. The fraction of sp³-hybridized carbons (Fsp3) is 0.231. The second kappa shape index (κ2) is 4.31. The first kappa shape index (κ1) is 10.6. The number of nitrogens with zero attached hydrogens (tertiary/aromatic N) is 2. The highest BCUT2D eigenvalue weighted by Crippen LogP contribution is 2.20. The summed E-state index contributed by atoms with van der Waals surface area (Å²) in [7, 11) is 0. The zero-order valence-electron chi connectivity index (χ0n) is 9.51. The van der Waals surface area contributed by atoms with Gasteiger partial charge in [-0.3, -0.25) is 0 Å². The molecule has 0 radical (unpaired) electrons. The second-order valence-electron chi connectivity index (χ2n) is 4.08. The van der Waals surface area contributed by atoms with Crippen LogP contribution in [-0.2, 0) is 0 Å². The predicted molar refractivity (Wildman–Crippen MR) is 66.0 cm³/mol. The molecule has 0 bridgehead atoms. The Morgan fingerprint density at radius 1 is 1.06 bits per heavy atom. The van der Waals surface area contributed by atoms with Crippen LogP contribution in [0.3, 0.4) is 0 Å². The van der Waals surface area contributed by atoms with E-state index in [1.54, 1.807) is 12.3 Å². The third kappa shape index (κ3) is 2.19. The van der Waals surface area contributed by atoms with Gasteiger partial charge in [0.25, 0.3) is 0 Å². The average Bonchev–Trinajstić information content (AvgIpc) is 2.29. The fourth-order valence-electron chi connectivity index (χ4n) is 1.53. The zero-order valence-corrected chi connectivity index (χ0v) is 9.51. The number of anilines is 1. The van der Waals surface area contributed by atoms with Crippen molar-refractivity contribution in [3.63, 3.8) is 0 Å². The van der Waals surface area contributed by atoms with Crippen molar-refractivity contribution in [1.29, 1.82) is 0 Å². The summed E-state index contributed by atoms with van der Waals surface area (Å²) in [5.41, 5.74) is 7.93. The van der Waals surface area contributed by atoms with Crippen molar-refractivity contribution in [3.05, 3.63) is 42.1 Å². The maximum atomic E-state index is 5.62. The van der Waals surface area contributed by atoms with Gasteiger partial charge in [0.2, 0.25) is 0 Å². The molecule has 2 aromatic rings. The van der Waals surface area contributed by atoms with E-state index in [1.165, 1.54) is 5.56 Å². The Hall–Kier alpha value is -1.90. The van der Waals surface area contributed by atoms with Crippen LogP contribution >= 0.6 is 0 Å². The van der Waals surface area contributed by atoms with Gasteiger partial charge in [0, 0.05) is 11.8 Å². The van der Waals surface area contributed by atoms with Crippen molar-refractivity contribution in [3.8, 4) is 11.4 Å². The van der Waals surface area contributed by atoms with E-state index in [1.807, 2.05) is 12.1 Å². The molecule has 0 saturated carbocycles. The molecule has 3 heteroatoms. The summed E-state index contributed by atoms with van der Waals surface area (Å²) in [6.07, 6.45) is 1.67. The van der Waals surface area contributed by atoms with Gasteiger partial charge < -0.3 is 5.73 Å². The number of nitrogens with two attached hydrogens (primary N) is 1. The summed E-state index contributed by atoms with van der Waals surface area (Å²) < 4.78 is 0. The molecule has 16 heavy (non-hydrogen) atoms. The third-order valence-corrected chi connectivity index (χ3v) is 2.51. The summed E-state index contributed by atoms with van der Waals surface area (Å²) in [5, 5.41) is 0. The molecule has 1 aromatic heterocycles. The van der Waals surface area contributed by atoms with Crippen molar-refractivity contribution in [2.24, 2.45) is 0 Å². The lowest BCUT2D eigenvalue weighted by Gasteiger charge is -2.06. The van der Waals surface area contributed by atoms with Gasteiger partial charge in [-0.15, -0.1) is 0 Å². The highest BCUT2D eigenvalue weighted by molar-refractivity contribution is 5.56. The normalized spacial score (nSPS) is 10.7. The van der Waals surface area contributed by atoms with Gasteiger partial charge >= 0.3 is 0 Å². The first-order chi connectivity index (χ1) is 7.66. The summed E-state index contributed by atoms with van der Waals surface area (Å²) in [4.78, 5) is 8.38. The Morgan fingerprint density at radius 2 is 1.75 bits per heavy atom. The number of benzene rings is 1. The van der Waals surface area contributed by atoms with Crippen LogP contribution in [0.2, 0.25) is 0 Å². The van der Waals surface area contributed by atoms with Crippen LogP contribution in [0.25, 0.3) is 11.4 Å². The van der Waals surface area contributed by atoms with Crippen LogP contribution in [-0.4, -0.2) is 9.97 Å². The molecule has 0 aliphatic heterocycles. The van der Waals surface area contributed by atoms with Crippen LogP contribution < -0.4 is 5.73 Å². The average molecular weight is 213 g/mol. The van der Waals surface area contributed by atoms with Crippen molar-refractivity contribution in [1.82, 2.24) is 9.97 Å². The molecule has 1 heterocycles. The van der Waals surface area contributed by atoms with Gasteiger partial charge in [0.05, 0.1) is 0 Å². The SMILES string of the molecule is CC(C)c1ccc(-c2nccc(N)n2)cc1. The Balaban J connectivity index is 2.35. The lowest BCUT2D eigenvalue weighted by atomic mass is 10.0. The molecule has 2 N–H and O–H groups in total. The lowest BCUT2D eigenvalue weighted by molar-refractivity contribution is 0.867. The number of nitrogen functional groups attached to an aromatic ring is 1. The fourth-order valence-corrected chi connectivity index (χ4v) is 1.53. The van der Waals surface area contributed by atoms with Crippen molar-refractivity contribution < 1.29 is 0 Å². The van der Waals surface area contributed by atoms with E-state index in [0.29, 0.717) is 17.6 Å². The Bertz CT molecular complexity index is 475. The zero-order chi connectivity index (χ0) is 11.5. The smallest absolute Gasteiger partial charge is 0.161 e. The molecule has 0 aliphatic rings. The maximum Gasteiger partial charge on any atom is 0.161 e. The topological polar surface area (TPSA) is 51.8 Å².